The lowest BCUT2D eigenvalue weighted by molar-refractivity contribution is 0.0726. The van der Waals surface area contributed by atoms with E-state index in [-0.39, 0.29) is 17.8 Å². The van der Waals surface area contributed by atoms with Crippen molar-refractivity contribution in [1.29, 1.82) is 0 Å². The first-order valence-electron chi connectivity index (χ1n) is 10.0. The van der Waals surface area contributed by atoms with Gasteiger partial charge in [0.05, 0.1) is 5.56 Å². The second kappa shape index (κ2) is 7.74. The van der Waals surface area contributed by atoms with Gasteiger partial charge in [-0.05, 0) is 68.8 Å². The number of hydrogen-bond acceptors (Lipinski definition) is 2. The maximum atomic E-state index is 13.2. The second-order valence-electron chi connectivity index (χ2n) is 7.86. The maximum Gasteiger partial charge on any atom is 0.255 e. The molecule has 0 aliphatic carbocycles. The van der Waals surface area contributed by atoms with Crippen molar-refractivity contribution < 1.29 is 9.18 Å². The number of hydrogen-bond donors (Lipinski definition) is 1. The molecule has 1 aromatic heterocycles. The van der Waals surface area contributed by atoms with E-state index in [4.69, 9.17) is 0 Å². The third kappa shape index (κ3) is 3.90. The molecule has 0 unspecified atom stereocenters. The van der Waals surface area contributed by atoms with E-state index in [0.717, 1.165) is 23.5 Å². The van der Waals surface area contributed by atoms with Crippen LogP contribution in [0, 0.1) is 19.7 Å². The fourth-order valence-corrected chi connectivity index (χ4v) is 4.00. The summed E-state index contributed by atoms with van der Waals surface area (Å²) in [5.41, 5.74) is 5.66. The zero-order chi connectivity index (χ0) is 20.5. The van der Waals surface area contributed by atoms with Gasteiger partial charge in [-0.1, -0.05) is 17.7 Å². The molecule has 1 atom stereocenters. The van der Waals surface area contributed by atoms with Crippen LogP contribution < -0.4 is 4.90 Å². The number of anilines is 1. The Kier molecular flexibility index (Phi) is 5.14. The van der Waals surface area contributed by atoms with Crippen LogP contribution in [0.2, 0.25) is 0 Å². The van der Waals surface area contributed by atoms with E-state index < -0.39 is 0 Å². The smallest absolute Gasteiger partial charge is 0.255 e. The van der Waals surface area contributed by atoms with Crippen LogP contribution in [-0.2, 0) is 0 Å². The number of rotatable bonds is 3. The predicted molar refractivity (Wildman–Crippen MR) is 115 cm³/mol. The number of aromatic nitrogens is 1. The SMILES string of the molecule is Cc1ccc(N2CCN(C(=O)c3cc(-c4ccc(F)cc4)[nH]c3C)C[C@@H]2C)cc1. The molecule has 1 N–H and O–H groups in total. The summed E-state index contributed by atoms with van der Waals surface area (Å²) in [5, 5.41) is 0. The molecule has 2 heterocycles. The molecule has 29 heavy (non-hydrogen) atoms. The molecular weight excluding hydrogens is 365 g/mol. The number of amides is 1. The van der Waals surface area contributed by atoms with Crippen LogP contribution in [0.1, 0.15) is 28.5 Å². The summed E-state index contributed by atoms with van der Waals surface area (Å²) in [5.74, 6) is -0.226. The lowest BCUT2D eigenvalue weighted by Gasteiger charge is -2.41. The number of nitrogens with one attached hydrogen (secondary N) is 1. The van der Waals surface area contributed by atoms with Gasteiger partial charge in [0.1, 0.15) is 5.82 Å². The van der Waals surface area contributed by atoms with Gasteiger partial charge in [-0.25, -0.2) is 4.39 Å². The van der Waals surface area contributed by atoms with E-state index in [1.807, 2.05) is 17.9 Å². The Morgan fingerprint density at radius 1 is 1.03 bits per heavy atom. The molecule has 0 bridgehead atoms. The molecule has 5 heteroatoms. The second-order valence-corrected chi connectivity index (χ2v) is 7.86. The fraction of sp³-hybridized carbons (Fsp3) is 0.292. The van der Waals surface area contributed by atoms with Crippen LogP contribution >= 0.6 is 0 Å². The fourth-order valence-electron chi connectivity index (χ4n) is 4.00. The third-order valence-electron chi connectivity index (χ3n) is 5.68. The summed E-state index contributed by atoms with van der Waals surface area (Å²) in [6.07, 6.45) is 0. The summed E-state index contributed by atoms with van der Waals surface area (Å²) >= 11 is 0. The average molecular weight is 391 g/mol. The average Bonchev–Trinajstić information content (AvgIpc) is 3.10. The van der Waals surface area contributed by atoms with Crippen molar-refractivity contribution in [3.8, 4) is 11.3 Å². The normalized spacial score (nSPS) is 16.9. The largest absolute Gasteiger partial charge is 0.365 e. The number of halogens is 1. The Balaban J connectivity index is 1.49. The third-order valence-corrected chi connectivity index (χ3v) is 5.68. The lowest BCUT2D eigenvalue weighted by atomic mass is 10.1. The highest BCUT2D eigenvalue weighted by atomic mass is 19.1. The van der Waals surface area contributed by atoms with Crippen molar-refractivity contribution in [2.24, 2.45) is 0 Å². The van der Waals surface area contributed by atoms with Crippen molar-refractivity contribution in [3.63, 3.8) is 0 Å². The van der Waals surface area contributed by atoms with E-state index in [2.05, 4.69) is 48.0 Å². The molecule has 1 amide bonds. The van der Waals surface area contributed by atoms with Gasteiger partial charge in [0.25, 0.3) is 5.91 Å². The molecule has 1 fully saturated rings. The van der Waals surface area contributed by atoms with E-state index in [1.54, 1.807) is 12.1 Å². The minimum absolute atomic E-state index is 0.0440. The van der Waals surface area contributed by atoms with Gasteiger partial charge in [0.15, 0.2) is 0 Å². The topological polar surface area (TPSA) is 39.3 Å². The number of nitrogens with zero attached hydrogens (tertiary/aromatic N) is 2. The number of piperazine rings is 1. The summed E-state index contributed by atoms with van der Waals surface area (Å²) in [4.78, 5) is 20.7. The maximum absolute atomic E-state index is 13.2. The summed E-state index contributed by atoms with van der Waals surface area (Å²) in [6, 6.07) is 17.0. The molecule has 1 aliphatic rings. The van der Waals surface area contributed by atoms with Crippen LogP contribution in [0.3, 0.4) is 0 Å². The number of carbonyl (C=O) groups is 1. The van der Waals surface area contributed by atoms with Crippen LogP contribution in [0.4, 0.5) is 10.1 Å². The van der Waals surface area contributed by atoms with E-state index >= 15 is 0 Å². The van der Waals surface area contributed by atoms with Crippen molar-refractivity contribution in [2.75, 3.05) is 24.5 Å². The van der Waals surface area contributed by atoms with E-state index in [1.165, 1.54) is 23.4 Å². The lowest BCUT2D eigenvalue weighted by Crippen LogP contribution is -2.53. The molecule has 1 saturated heterocycles. The summed E-state index contributed by atoms with van der Waals surface area (Å²) in [7, 11) is 0. The van der Waals surface area contributed by atoms with Crippen molar-refractivity contribution in [2.45, 2.75) is 26.8 Å². The Morgan fingerprint density at radius 2 is 1.72 bits per heavy atom. The standard InChI is InChI=1S/C24H26FN3O/c1-16-4-10-21(11-5-16)28-13-12-27(15-17(28)2)24(29)22-14-23(26-18(22)3)19-6-8-20(25)9-7-19/h4-11,14,17,26H,12-13,15H2,1-3H3/t17-/m0/s1. The summed E-state index contributed by atoms with van der Waals surface area (Å²) < 4.78 is 13.2. The Hall–Kier alpha value is -3.08. The monoisotopic (exact) mass is 391 g/mol. The van der Waals surface area contributed by atoms with E-state index in [9.17, 15) is 9.18 Å². The Morgan fingerprint density at radius 3 is 2.38 bits per heavy atom. The quantitative estimate of drug-likeness (QED) is 0.697. The van der Waals surface area contributed by atoms with Crippen molar-refractivity contribution in [1.82, 2.24) is 9.88 Å². The van der Waals surface area contributed by atoms with Gasteiger partial charge >= 0.3 is 0 Å². The molecule has 0 saturated carbocycles. The van der Waals surface area contributed by atoms with Crippen LogP contribution in [0.5, 0.6) is 0 Å². The molecule has 1 aliphatic heterocycles. The van der Waals surface area contributed by atoms with Gasteiger partial charge in [0.2, 0.25) is 0 Å². The number of carbonyl (C=O) groups excluding carboxylic acids is 1. The summed E-state index contributed by atoms with van der Waals surface area (Å²) in [6.45, 7) is 8.34. The van der Waals surface area contributed by atoms with Crippen LogP contribution in [0.15, 0.2) is 54.6 Å². The van der Waals surface area contributed by atoms with Gasteiger partial charge in [0, 0.05) is 42.8 Å². The minimum Gasteiger partial charge on any atom is -0.365 e. The molecule has 4 rings (SSSR count). The highest BCUT2D eigenvalue weighted by Crippen LogP contribution is 2.25. The first-order chi connectivity index (χ1) is 13.9. The molecule has 0 radical (unpaired) electrons. The zero-order valence-electron chi connectivity index (χ0n) is 17.1. The highest BCUT2D eigenvalue weighted by molar-refractivity contribution is 5.97. The zero-order valence-corrected chi connectivity index (χ0v) is 17.1. The molecule has 3 aromatic rings. The van der Waals surface area contributed by atoms with Crippen LogP contribution in [-0.4, -0.2) is 41.5 Å². The first kappa shape index (κ1) is 19.2. The van der Waals surface area contributed by atoms with Gasteiger partial charge in [-0.3, -0.25) is 4.79 Å². The molecule has 4 nitrogen and oxygen atoms in total. The number of aromatic amines is 1. The highest BCUT2D eigenvalue weighted by Gasteiger charge is 2.28. The predicted octanol–water partition coefficient (Wildman–Crippen LogP) is 4.79. The molecule has 150 valence electrons. The number of benzene rings is 2. The van der Waals surface area contributed by atoms with Gasteiger partial charge in [-0.2, -0.15) is 0 Å². The molecule has 2 aromatic carbocycles. The van der Waals surface area contributed by atoms with E-state index in [0.29, 0.717) is 18.7 Å². The van der Waals surface area contributed by atoms with Gasteiger partial charge in [-0.15, -0.1) is 0 Å². The van der Waals surface area contributed by atoms with Gasteiger partial charge < -0.3 is 14.8 Å². The molecular formula is C24H26FN3O. The molecule has 0 spiro atoms. The Labute approximate surface area is 171 Å². The number of aryl methyl sites for hydroxylation is 2. The first-order valence-corrected chi connectivity index (χ1v) is 10.0. The Bertz CT molecular complexity index is 1010. The van der Waals surface area contributed by atoms with Crippen molar-refractivity contribution in [3.05, 3.63) is 77.2 Å². The number of H-pyrrole nitrogens is 1. The van der Waals surface area contributed by atoms with Crippen molar-refractivity contribution >= 4 is 11.6 Å². The minimum atomic E-state index is -0.270. The van der Waals surface area contributed by atoms with Crippen LogP contribution in [0.25, 0.3) is 11.3 Å².